The summed E-state index contributed by atoms with van der Waals surface area (Å²) in [6, 6.07) is 3.06. The van der Waals surface area contributed by atoms with Gasteiger partial charge in [0.05, 0.1) is 25.0 Å². The van der Waals surface area contributed by atoms with Gasteiger partial charge in [0.2, 0.25) is 0 Å². The predicted octanol–water partition coefficient (Wildman–Crippen LogP) is 1.29. The molecule has 0 aromatic carbocycles. The van der Waals surface area contributed by atoms with E-state index in [1.54, 1.807) is 17.0 Å². The summed E-state index contributed by atoms with van der Waals surface area (Å²) in [7, 11) is 1.30. The Morgan fingerprint density at radius 2 is 2.20 bits per heavy atom. The number of ether oxygens (including phenoxy) is 1. The maximum atomic E-state index is 12.8. The van der Waals surface area contributed by atoms with Crippen molar-refractivity contribution in [3.05, 3.63) is 36.4 Å². The first-order valence-corrected chi connectivity index (χ1v) is 7.88. The number of fused-ring (bicyclic) bond motifs is 4. The topological polar surface area (TPSA) is 101 Å². The number of esters is 1. The lowest BCUT2D eigenvalue weighted by Crippen LogP contribution is -2.48. The molecule has 2 bridgehead atoms. The fourth-order valence-electron chi connectivity index (χ4n) is 3.22. The minimum Gasteiger partial charge on any atom is -0.464 e. The molecule has 0 spiro atoms. The number of amides is 2. The van der Waals surface area contributed by atoms with E-state index in [-0.39, 0.29) is 17.8 Å². The van der Waals surface area contributed by atoms with Gasteiger partial charge in [-0.2, -0.15) is 0 Å². The van der Waals surface area contributed by atoms with E-state index >= 15 is 0 Å². The number of aromatic nitrogens is 3. The molecule has 9 heteroatoms. The fourth-order valence-corrected chi connectivity index (χ4v) is 3.22. The molecule has 0 aliphatic carbocycles. The van der Waals surface area contributed by atoms with Crippen molar-refractivity contribution in [1.29, 1.82) is 0 Å². The Hall–Kier alpha value is -3.23. The van der Waals surface area contributed by atoms with Gasteiger partial charge in [-0.3, -0.25) is 15.2 Å². The number of hydrogen-bond acceptors (Lipinski definition) is 7. The summed E-state index contributed by atoms with van der Waals surface area (Å²) in [5.41, 5.74) is 0.997. The maximum Gasteiger partial charge on any atom is 0.356 e. The molecule has 4 heterocycles. The van der Waals surface area contributed by atoms with Gasteiger partial charge in [0, 0.05) is 25.5 Å². The van der Waals surface area contributed by atoms with E-state index in [1.807, 2.05) is 0 Å². The Bertz CT molecular complexity index is 828. The second kappa shape index (κ2) is 6.00. The van der Waals surface area contributed by atoms with Crippen LogP contribution in [-0.4, -0.2) is 53.2 Å². The van der Waals surface area contributed by atoms with Gasteiger partial charge in [0.25, 0.3) is 0 Å². The van der Waals surface area contributed by atoms with Crippen molar-refractivity contribution >= 4 is 29.3 Å². The number of urea groups is 1. The Kier molecular flexibility index (Phi) is 3.68. The number of nitrogens with zero attached hydrogens (tertiary/aromatic N) is 5. The number of rotatable bonds is 2. The van der Waals surface area contributed by atoms with Gasteiger partial charge in [0.15, 0.2) is 17.3 Å². The summed E-state index contributed by atoms with van der Waals surface area (Å²) < 4.78 is 4.74. The third kappa shape index (κ3) is 2.63. The van der Waals surface area contributed by atoms with E-state index in [9.17, 15) is 9.59 Å². The summed E-state index contributed by atoms with van der Waals surface area (Å²) in [5, 5.41) is 2.74. The van der Waals surface area contributed by atoms with Crippen LogP contribution in [0.4, 0.5) is 22.1 Å². The van der Waals surface area contributed by atoms with Crippen LogP contribution < -0.4 is 15.1 Å². The van der Waals surface area contributed by atoms with Crippen molar-refractivity contribution in [2.24, 2.45) is 0 Å². The van der Waals surface area contributed by atoms with E-state index in [1.165, 1.54) is 25.7 Å². The molecule has 0 radical (unpaired) electrons. The van der Waals surface area contributed by atoms with Crippen LogP contribution in [0.5, 0.6) is 0 Å². The Morgan fingerprint density at radius 3 is 2.96 bits per heavy atom. The van der Waals surface area contributed by atoms with Crippen molar-refractivity contribution < 1.29 is 14.3 Å². The van der Waals surface area contributed by atoms with Crippen molar-refractivity contribution in [3.63, 3.8) is 0 Å². The molecule has 2 aromatic heterocycles. The molecular formula is C16H16N6O3. The fraction of sp³-hybridized carbons (Fsp3) is 0.312. The first kappa shape index (κ1) is 15.3. The molecule has 2 aliphatic rings. The highest BCUT2D eigenvalue weighted by Crippen LogP contribution is 2.39. The lowest BCUT2D eigenvalue weighted by atomic mass is 10.2. The second-order valence-electron chi connectivity index (χ2n) is 5.81. The van der Waals surface area contributed by atoms with Crippen molar-refractivity contribution in [1.82, 2.24) is 15.0 Å². The smallest absolute Gasteiger partial charge is 0.356 e. The monoisotopic (exact) mass is 340 g/mol. The van der Waals surface area contributed by atoms with E-state index in [0.29, 0.717) is 11.6 Å². The SMILES string of the molecule is COC(=O)c1ccc2c(n1)N(C(=O)Nc1cnccn1)[C@@H]1CCN2C1. The summed E-state index contributed by atoms with van der Waals surface area (Å²) in [6.07, 6.45) is 5.34. The number of hydrogen-bond donors (Lipinski definition) is 1. The van der Waals surface area contributed by atoms with Crippen LogP contribution in [0.2, 0.25) is 0 Å². The Morgan fingerprint density at radius 1 is 1.32 bits per heavy atom. The van der Waals surface area contributed by atoms with Crippen LogP contribution >= 0.6 is 0 Å². The zero-order chi connectivity index (χ0) is 17.4. The van der Waals surface area contributed by atoms with Crippen LogP contribution in [0, 0.1) is 0 Å². The normalized spacial score (nSPS) is 17.9. The van der Waals surface area contributed by atoms with Crippen molar-refractivity contribution in [3.8, 4) is 0 Å². The molecule has 1 atom stereocenters. The summed E-state index contributed by atoms with van der Waals surface area (Å²) in [5.74, 6) is 0.279. The highest BCUT2D eigenvalue weighted by Gasteiger charge is 2.40. The molecule has 128 valence electrons. The predicted molar refractivity (Wildman–Crippen MR) is 89.7 cm³/mol. The van der Waals surface area contributed by atoms with Crippen LogP contribution in [-0.2, 0) is 4.74 Å². The first-order valence-electron chi connectivity index (χ1n) is 7.88. The molecule has 9 nitrogen and oxygen atoms in total. The first-order chi connectivity index (χ1) is 12.2. The summed E-state index contributed by atoms with van der Waals surface area (Å²) >= 11 is 0. The quantitative estimate of drug-likeness (QED) is 0.822. The Labute approximate surface area is 143 Å². The molecule has 2 amide bonds. The largest absolute Gasteiger partial charge is 0.464 e. The number of anilines is 3. The molecule has 25 heavy (non-hydrogen) atoms. The molecular weight excluding hydrogens is 324 g/mol. The standard InChI is InChI=1S/C16H16N6O3/c1-25-15(23)11-2-3-12-14(19-11)22(10-4-7-21(12)9-10)16(24)20-13-8-17-5-6-18-13/h2-3,5-6,8,10H,4,7,9H2,1H3,(H,18,20,24)/t10-/m1/s1. The molecule has 4 rings (SSSR count). The van der Waals surface area contributed by atoms with Crippen molar-refractivity contribution in [2.75, 3.05) is 35.3 Å². The van der Waals surface area contributed by atoms with Crippen LogP contribution in [0.15, 0.2) is 30.7 Å². The van der Waals surface area contributed by atoms with E-state index in [4.69, 9.17) is 4.74 Å². The van der Waals surface area contributed by atoms with Gasteiger partial charge >= 0.3 is 12.0 Å². The van der Waals surface area contributed by atoms with Gasteiger partial charge in [0.1, 0.15) is 0 Å². The van der Waals surface area contributed by atoms with Crippen LogP contribution in [0.1, 0.15) is 16.9 Å². The number of methoxy groups -OCH3 is 1. The van der Waals surface area contributed by atoms with Gasteiger partial charge in [-0.05, 0) is 18.6 Å². The van der Waals surface area contributed by atoms with Crippen molar-refractivity contribution in [2.45, 2.75) is 12.5 Å². The number of nitrogens with one attached hydrogen (secondary N) is 1. The number of carbonyl (C=O) groups excluding carboxylic acids is 2. The van der Waals surface area contributed by atoms with Crippen LogP contribution in [0.25, 0.3) is 0 Å². The molecule has 1 fully saturated rings. The van der Waals surface area contributed by atoms with Gasteiger partial charge < -0.3 is 9.64 Å². The van der Waals surface area contributed by atoms with E-state index in [2.05, 4.69) is 25.2 Å². The minimum absolute atomic E-state index is 0.00966. The molecule has 0 unspecified atom stereocenters. The Balaban J connectivity index is 1.71. The third-order valence-corrected chi connectivity index (χ3v) is 4.36. The van der Waals surface area contributed by atoms with Gasteiger partial charge in [-0.15, -0.1) is 0 Å². The summed E-state index contributed by atoms with van der Waals surface area (Å²) in [6.45, 7) is 1.58. The van der Waals surface area contributed by atoms with E-state index in [0.717, 1.165) is 25.2 Å². The molecule has 1 N–H and O–H groups in total. The molecule has 1 saturated heterocycles. The lowest BCUT2D eigenvalue weighted by Gasteiger charge is -2.35. The average molecular weight is 340 g/mol. The lowest BCUT2D eigenvalue weighted by molar-refractivity contribution is 0.0594. The number of pyridine rings is 1. The zero-order valence-corrected chi connectivity index (χ0v) is 13.5. The van der Waals surface area contributed by atoms with Crippen LogP contribution in [0.3, 0.4) is 0 Å². The second-order valence-corrected chi connectivity index (χ2v) is 5.81. The van der Waals surface area contributed by atoms with Gasteiger partial charge in [-0.25, -0.2) is 19.6 Å². The molecule has 0 saturated carbocycles. The minimum atomic E-state index is -0.537. The molecule has 2 aliphatic heterocycles. The average Bonchev–Trinajstić information content (AvgIpc) is 3.06. The highest BCUT2D eigenvalue weighted by molar-refractivity contribution is 6.04. The summed E-state index contributed by atoms with van der Waals surface area (Å²) in [4.78, 5) is 40.8. The zero-order valence-electron chi connectivity index (χ0n) is 13.5. The third-order valence-electron chi connectivity index (χ3n) is 4.36. The maximum absolute atomic E-state index is 12.8. The molecule has 2 aromatic rings. The number of carbonyl (C=O) groups is 2. The van der Waals surface area contributed by atoms with Gasteiger partial charge in [-0.1, -0.05) is 0 Å². The highest BCUT2D eigenvalue weighted by atomic mass is 16.5. The van der Waals surface area contributed by atoms with E-state index < -0.39 is 5.97 Å².